The molecular formula is C13H17N3O3. The Morgan fingerprint density at radius 3 is 2.79 bits per heavy atom. The number of aromatic nitrogens is 1. The maximum atomic E-state index is 11.3. The van der Waals surface area contributed by atoms with Crippen molar-refractivity contribution in [2.24, 2.45) is 11.7 Å². The molecule has 1 amide bonds. The SMILES string of the molecule is Cc1ccc(C(N)=O)c(NC2CCCC2C(=O)O)n1. The summed E-state index contributed by atoms with van der Waals surface area (Å²) in [4.78, 5) is 26.7. The highest BCUT2D eigenvalue weighted by Gasteiger charge is 2.33. The van der Waals surface area contributed by atoms with Gasteiger partial charge in [-0.3, -0.25) is 9.59 Å². The quantitative estimate of drug-likeness (QED) is 0.755. The molecule has 2 unspecified atom stereocenters. The van der Waals surface area contributed by atoms with Crippen LogP contribution in [-0.2, 0) is 4.79 Å². The molecule has 19 heavy (non-hydrogen) atoms. The van der Waals surface area contributed by atoms with Gasteiger partial charge < -0.3 is 16.2 Å². The number of aryl methyl sites for hydroxylation is 1. The van der Waals surface area contributed by atoms with Crippen molar-refractivity contribution in [2.45, 2.75) is 32.2 Å². The van der Waals surface area contributed by atoms with Crippen LogP contribution >= 0.6 is 0 Å². The van der Waals surface area contributed by atoms with E-state index in [2.05, 4.69) is 10.3 Å². The zero-order valence-corrected chi connectivity index (χ0v) is 10.7. The van der Waals surface area contributed by atoms with E-state index in [1.165, 1.54) is 0 Å². The van der Waals surface area contributed by atoms with Gasteiger partial charge in [0.2, 0.25) is 0 Å². The van der Waals surface area contributed by atoms with E-state index in [9.17, 15) is 9.59 Å². The fourth-order valence-electron chi connectivity index (χ4n) is 2.47. The van der Waals surface area contributed by atoms with Crippen molar-refractivity contribution in [3.63, 3.8) is 0 Å². The van der Waals surface area contributed by atoms with Crippen molar-refractivity contribution in [1.82, 2.24) is 4.98 Å². The number of nitrogens with zero attached hydrogens (tertiary/aromatic N) is 1. The number of amides is 1. The molecular weight excluding hydrogens is 246 g/mol. The maximum absolute atomic E-state index is 11.3. The first-order valence-corrected chi connectivity index (χ1v) is 6.26. The molecule has 1 aliphatic carbocycles. The van der Waals surface area contributed by atoms with Crippen LogP contribution in [0.2, 0.25) is 0 Å². The Hall–Kier alpha value is -2.11. The fourth-order valence-corrected chi connectivity index (χ4v) is 2.47. The highest BCUT2D eigenvalue weighted by Crippen LogP contribution is 2.29. The van der Waals surface area contributed by atoms with Crippen LogP contribution in [0.3, 0.4) is 0 Å². The van der Waals surface area contributed by atoms with Crippen LogP contribution in [0.4, 0.5) is 5.82 Å². The number of rotatable bonds is 4. The molecule has 102 valence electrons. The molecule has 0 aromatic carbocycles. The van der Waals surface area contributed by atoms with Gasteiger partial charge in [-0.2, -0.15) is 0 Å². The molecule has 0 spiro atoms. The Bertz CT molecular complexity index is 516. The lowest BCUT2D eigenvalue weighted by atomic mass is 10.0. The van der Waals surface area contributed by atoms with Gasteiger partial charge in [0.1, 0.15) is 5.82 Å². The fraction of sp³-hybridized carbons (Fsp3) is 0.462. The number of carboxylic acid groups (broad SMARTS) is 1. The lowest BCUT2D eigenvalue weighted by Crippen LogP contribution is -2.31. The third kappa shape index (κ3) is 2.83. The van der Waals surface area contributed by atoms with Gasteiger partial charge in [-0.1, -0.05) is 6.42 Å². The van der Waals surface area contributed by atoms with Crippen molar-refractivity contribution >= 4 is 17.7 Å². The van der Waals surface area contributed by atoms with Crippen LogP contribution in [0, 0.1) is 12.8 Å². The molecule has 0 bridgehead atoms. The number of carboxylic acids is 1. The maximum Gasteiger partial charge on any atom is 0.308 e. The number of nitrogens with two attached hydrogens (primary N) is 1. The Labute approximate surface area is 111 Å². The Morgan fingerprint density at radius 1 is 1.42 bits per heavy atom. The summed E-state index contributed by atoms with van der Waals surface area (Å²) in [6, 6.07) is 3.11. The first kappa shape index (κ1) is 13.3. The Morgan fingerprint density at radius 2 is 2.16 bits per heavy atom. The van der Waals surface area contributed by atoms with E-state index in [-0.39, 0.29) is 6.04 Å². The minimum absolute atomic E-state index is 0.204. The van der Waals surface area contributed by atoms with E-state index >= 15 is 0 Å². The molecule has 1 aromatic rings. The van der Waals surface area contributed by atoms with Gasteiger partial charge >= 0.3 is 5.97 Å². The molecule has 2 atom stereocenters. The van der Waals surface area contributed by atoms with Crippen molar-refractivity contribution in [3.8, 4) is 0 Å². The first-order chi connectivity index (χ1) is 8.99. The number of pyridine rings is 1. The number of anilines is 1. The third-order valence-electron chi connectivity index (χ3n) is 3.46. The minimum atomic E-state index is -0.816. The van der Waals surface area contributed by atoms with Crippen LogP contribution < -0.4 is 11.1 Å². The number of aliphatic carboxylic acids is 1. The second-order valence-corrected chi connectivity index (χ2v) is 4.84. The average Bonchev–Trinajstić information content (AvgIpc) is 2.76. The highest BCUT2D eigenvalue weighted by molar-refractivity contribution is 5.97. The summed E-state index contributed by atoms with van der Waals surface area (Å²) in [5, 5.41) is 12.2. The topological polar surface area (TPSA) is 105 Å². The molecule has 1 heterocycles. The van der Waals surface area contributed by atoms with Crippen molar-refractivity contribution < 1.29 is 14.7 Å². The average molecular weight is 263 g/mol. The molecule has 1 saturated carbocycles. The van der Waals surface area contributed by atoms with Gasteiger partial charge in [-0.25, -0.2) is 4.98 Å². The summed E-state index contributed by atoms with van der Waals surface area (Å²) >= 11 is 0. The lowest BCUT2D eigenvalue weighted by Gasteiger charge is -2.19. The van der Waals surface area contributed by atoms with Gasteiger partial charge in [0, 0.05) is 11.7 Å². The van der Waals surface area contributed by atoms with Crippen LogP contribution in [0.5, 0.6) is 0 Å². The Balaban J connectivity index is 2.25. The van der Waals surface area contributed by atoms with Crippen LogP contribution in [0.15, 0.2) is 12.1 Å². The number of hydrogen-bond donors (Lipinski definition) is 3. The number of hydrogen-bond acceptors (Lipinski definition) is 4. The third-order valence-corrected chi connectivity index (χ3v) is 3.46. The van der Waals surface area contributed by atoms with E-state index in [1.54, 1.807) is 19.1 Å². The molecule has 6 nitrogen and oxygen atoms in total. The Kier molecular flexibility index (Phi) is 3.69. The zero-order chi connectivity index (χ0) is 14.0. The predicted octanol–water partition coefficient (Wildman–Crippen LogP) is 1.15. The zero-order valence-electron chi connectivity index (χ0n) is 10.7. The monoisotopic (exact) mass is 263 g/mol. The van der Waals surface area contributed by atoms with Crippen molar-refractivity contribution in [3.05, 3.63) is 23.4 Å². The summed E-state index contributed by atoms with van der Waals surface area (Å²) in [7, 11) is 0. The summed E-state index contributed by atoms with van der Waals surface area (Å²) in [5.41, 5.74) is 6.34. The second kappa shape index (κ2) is 5.26. The molecule has 4 N–H and O–H groups in total. The smallest absolute Gasteiger partial charge is 0.308 e. The molecule has 0 radical (unpaired) electrons. The minimum Gasteiger partial charge on any atom is -0.481 e. The lowest BCUT2D eigenvalue weighted by molar-refractivity contribution is -0.141. The van der Waals surface area contributed by atoms with Crippen molar-refractivity contribution in [1.29, 1.82) is 0 Å². The summed E-state index contributed by atoms with van der Waals surface area (Å²) in [5.74, 6) is -1.45. The van der Waals surface area contributed by atoms with Gasteiger partial charge in [-0.05, 0) is 31.9 Å². The predicted molar refractivity (Wildman–Crippen MR) is 69.9 cm³/mol. The van der Waals surface area contributed by atoms with E-state index < -0.39 is 17.8 Å². The van der Waals surface area contributed by atoms with E-state index in [4.69, 9.17) is 10.8 Å². The summed E-state index contributed by atoms with van der Waals surface area (Å²) in [6.45, 7) is 1.80. The van der Waals surface area contributed by atoms with Gasteiger partial charge in [0.15, 0.2) is 0 Å². The highest BCUT2D eigenvalue weighted by atomic mass is 16.4. The van der Waals surface area contributed by atoms with Crippen molar-refractivity contribution in [2.75, 3.05) is 5.32 Å². The number of primary amides is 1. The number of carbonyl (C=O) groups excluding carboxylic acids is 1. The number of nitrogens with one attached hydrogen (secondary N) is 1. The number of carbonyl (C=O) groups is 2. The van der Waals surface area contributed by atoms with Gasteiger partial charge in [-0.15, -0.1) is 0 Å². The van der Waals surface area contributed by atoms with E-state index in [0.717, 1.165) is 18.5 Å². The van der Waals surface area contributed by atoms with Crippen LogP contribution in [0.1, 0.15) is 35.3 Å². The van der Waals surface area contributed by atoms with Crippen LogP contribution in [-0.4, -0.2) is 28.0 Å². The normalized spacial score (nSPS) is 22.2. The second-order valence-electron chi connectivity index (χ2n) is 4.84. The summed E-state index contributed by atoms with van der Waals surface area (Å²) in [6.07, 6.45) is 2.25. The molecule has 0 saturated heterocycles. The molecule has 1 fully saturated rings. The van der Waals surface area contributed by atoms with Gasteiger partial charge in [0.25, 0.3) is 5.91 Å². The van der Waals surface area contributed by atoms with E-state index in [0.29, 0.717) is 17.8 Å². The van der Waals surface area contributed by atoms with Gasteiger partial charge in [0.05, 0.1) is 11.5 Å². The summed E-state index contributed by atoms with van der Waals surface area (Å²) < 4.78 is 0. The standard InChI is InChI=1S/C13H17N3O3/c1-7-5-6-9(11(14)17)12(15-7)16-10-4-2-3-8(10)13(18)19/h5-6,8,10H,2-4H2,1H3,(H2,14,17)(H,15,16)(H,18,19). The molecule has 1 aromatic heterocycles. The van der Waals surface area contributed by atoms with Crippen LogP contribution in [0.25, 0.3) is 0 Å². The first-order valence-electron chi connectivity index (χ1n) is 6.26. The van der Waals surface area contributed by atoms with E-state index in [1.807, 2.05) is 0 Å². The molecule has 1 aliphatic rings. The molecule has 6 heteroatoms. The largest absolute Gasteiger partial charge is 0.481 e. The molecule has 0 aliphatic heterocycles. The molecule has 2 rings (SSSR count).